The van der Waals surface area contributed by atoms with Crippen molar-refractivity contribution in [2.24, 2.45) is 0 Å². The van der Waals surface area contributed by atoms with Gasteiger partial charge in [0.2, 0.25) is 0 Å². The quantitative estimate of drug-likeness (QED) is 0.867. The second kappa shape index (κ2) is 6.02. The van der Waals surface area contributed by atoms with Crippen molar-refractivity contribution in [3.8, 4) is 0 Å². The van der Waals surface area contributed by atoms with E-state index in [0.29, 0.717) is 5.69 Å². The number of carbonyl (C=O) groups excluding carboxylic acids is 1. The van der Waals surface area contributed by atoms with Gasteiger partial charge in [0.25, 0.3) is 0 Å². The first-order chi connectivity index (χ1) is 9.11. The van der Waals surface area contributed by atoms with Crippen LogP contribution in [0.1, 0.15) is 13.8 Å². The number of benzene rings is 1. The van der Waals surface area contributed by atoms with Crippen molar-refractivity contribution in [2.45, 2.75) is 26.2 Å². The molecule has 0 aliphatic heterocycles. The molecule has 0 fully saturated rings. The number of urea groups is 1. The van der Waals surface area contributed by atoms with Crippen LogP contribution < -0.4 is 15.1 Å². The van der Waals surface area contributed by atoms with E-state index in [4.69, 9.17) is 0 Å². The number of carbonyl (C=O) groups is 1. The average Bonchev–Trinajstić information content (AvgIpc) is 2.26. The molecular weight excluding hydrogens is 271 g/mol. The van der Waals surface area contributed by atoms with E-state index in [2.05, 4.69) is 0 Å². The molecule has 1 rings (SSSR count). The summed E-state index contributed by atoms with van der Waals surface area (Å²) in [6.07, 6.45) is -4.74. The fourth-order valence-corrected chi connectivity index (χ4v) is 1.74. The van der Waals surface area contributed by atoms with Crippen molar-refractivity contribution in [1.29, 1.82) is 0 Å². The number of nitrogens with one attached hydrogen (secondary N) is 1. The van der Waals surface area contributed by atoms with Crippen LogP contribution in [0.25, 0.3) is 0 Å². The zero-order valence-electron chi connectivity index (χ0n) is 11.8. The first-order valence-electron chi connectivity index (χ1n) is 6.07. The average molecular weight is 289 g/mol. The van der Waals surface area contributed by atoms with Crippen molar-refractivity contribution in [3.05, 3.63) is 24.3 Å². The summed E-state index contributed by atoms with van der Waals surface area (Å²) in [5.41, 5.74) is 1.31. The van der Waals surface area contributed by atoms with Crippen LogP contribution in [0.3, 0.4) is 0 Å². The van der Waals surface area contributed by atoms with Crippen molar-refractivity contribution >= 4 is 17.4 Å². The summed E-state index contributed by atoms with van der Waals surface area (Å²) in [5.74, 6) is 0. The number of hydrogen-bond acceptors (Lipinski definition) is 2. The van der Waals surface area contributed by atoms with Crippen LogP contribution >= 0.6 is 0 Å². The molecule has 0 heterocycles. The topological polar surface area (TPSA) is 35.6 Å². The lowest BCUT2D eigenvalue weighted by molar-refractivity contribution is -0.145. The van der Waals surface area contributed by atoms with Gasteiger partial charge in [0, 0.05) is 31.5 Å². The highest BCUT2D eigenvalue weighted by Crippen LogP contribution is 2.22. The SMILES string of the molecule is CC(C)N(C(=O)NC(F)(F)F)c1ccc(N(C)C)cc1. The van der Waals surface area contributed by atoms with Crippen molar-refractivity contribution < 1.29 is 18.0 Å². The van der Waals surface area contributed by atoms with Gasteiger partial charge in [0.1, 0.15) is 0 Å². The summed E-state index contributed by atoms with van der Waals surface area (Å²) in [6, 6.07) is 5.13. The molecule has 7 heteroatoms. The molecule has 0 aromatic heterocycles. The largest absolute Gasteiger partial charge is 0.485 e. The van der Waals surface area contributed by atoms with Gasteiger partial charge in [-0.1, -0.05) is 0 Å². The van der Waals surface area contributed by atoms with Crippen molar-refractivity contribution in [2.75, 3.05) is 23.9 Å². The first kappa shape index (κ1) is 16.1. The van der Waals surface area contributed by atoms with Crippen LogP contribution in [0.2, 0.25) is 0 Å². The summed E-state index contributed by atoms with van der Waals surface area (Å²) in [6.45, 7) is 3.30. The van der Waals surface area contributed by atoms with Crippen LogP contribution in [0.5, 0.6) is 0 Å². The van der Waals surface area contributed by atoms with E-state index in [0.717, 1.165) is 15.9 Å². The van der Waals surface area contributed by atoms with Gasteiger partial charge in [0.15, 0.2) is 0 Å². The van der Waals surface area contributed by atoms with E-state index >= 15 is 0 Å². The van der Waals surface area contributed by atoms with E-state index in [1.165, 1.54) is 0 Å². The van der Waals surface area contributed by atoms with E-state index < -0.39 is 18.4 Å². The van der Waals surface area contributed by atoms with Crippen LogP contribution in [-0.4, -0.2) is 32.5 Å². The smallest absolute Gasteiger partial charge is 0.378 e. The van der Waals surface area contributed by atoms with Crippen LogP contribution in [-0.2, 0) is 0 Å². The highest BCUT2D eigenvalue weighted by atomic mass is 19.4. The zero-order valence-corrected chi connectivity index (χ0v) is 11.8. The summed E-state index contributed by atoms with van der Waals surface area (Å²) >= 11 is 0. The lowest BCUT2D eigenvalue weighted by Crippen LogP contribution is -2.49. The Kier molecular flexibility index (Phi) is 4.86. The van der Waals surface area contributed by atoms with E-state index in [-0.39, 0.29) is 0 Å². The van der Waals surface area contributed by atoms with Gasteiger partial charge in [-0.05, 0) is 38.1 Å². The molecule has 0 saturated heterocycles. The third-order valence-corrected chi connectivity index (χ3v) is 2.63. The summed E-state index contributed by atoms with van der Waals surface area (Å²) in [7, 11) is 3.71. The maximum atomic E-state index is 12.3. The Bertz CT molecular complexity index is 455. The van der Waals surface area contributed by atoms with Crippen LogP contribution in [0.4, 0.5) is 29.3 Å². The first-order valence-corrected chi connectivity index (χ1v) is 6.07. The maximum Gasteiger partial charge on any atom is 0.485 e. The number of halogens is 3. The van der Waals surface area contributed by atoms with Crippen LogP contribution in [0.15, 0.2) is 24.3 Å². The molecule has 1 N–H and O–H groups in total. The Balaban J connectivity index is 2.99. The predicted molar refractivity (Wildman–Crippen MR) is 73.0 cm³/mol. The summed E-state index contributed by atoms with van der Waals surface area (Å²) in [5, 5.41) is 1.01. The molecule has 0 atom stereocenters. The molecule has 1 aromatic carbocycles. The fourth-order valence-electron chi connectivity index (χ4n) is 1.74. The van der Waals surface area contributed by atoms with Gasteiger partial charge in [-0.3, -0.25) is 4.90 Å². The monoisotopic (exact) mass is 289 g/mol. The fraction of sp³-hybridized carbons (Fsp3) is 0.462. The third kappa shape index (κ3) is 4.32. The Morgan fingerprint density at radius 1 is 1.10 bits per heavy atom. The molecule has 0 unspecified atom stereocenters. The minimum Gasteiger partial charge on any atom is -0.378 e. The molecule has 0 radical (unpaired) electrons. The molecule has 20 heavy (non-hydrogen) atoms. The second-order valence-corrected chi connectivity index (χ2v) is 4.80. The Morgan fingerprint density at radius 2 is 1.55 bits per heavy atom. The zero-order chi connectivity index (χ0) is 15.5. The normalized spacial score (nSPS) is 11.4. The minimum absolute atomic E-state index is 0.400. The number of hydrogen-bond donors (Lipinski definition) is 1. The maximum absolute atomic E-state index is 12.3. The summed E-state index contributed by atoms with van der Waals surface area (Å²) in [4.78, 5) is 14.6. The Labute approximate surface area is 116 Å². The second-order valence-electron chi connectivity index (χ2n) is 4.80. The van der Waals surface area contributed by atoms with Crippen molar-refractivity contribution in [3.63, 3.8) is 0 Å². The highest BCUT2D eigenvalue weighted by Gasteiger charge is 2.33. The number of alkyl halides is 3. The van der Waals surface area contributed by atoms with Gasteiger partial charge in [-0.25, -0.2) is 10.1 Å². The van der Waals surface area contributed by atoms with E-state index in [1.807, 2.05) is 19.0 Å². The lowest BCUT2D eigenvalue weighted by atomic mass is 10.2. The standard InChI is InChI=1S/C13H18F3N3O/c1-9(2)19(12(20)17-13(14,15)16)11-7-5-10(6-8-11)18(3)4/h5-9H,1-4H3,(H,17,20). The number of nitrogens with zero attached hydrogens (tertiary/aromatic N) is 2. The van der Waals surface area contributed by atoms with Gasteiger partial charge in [-0.2, -0.15) is 13.2 Å². The molecule has 2 amide bonds. The number of rotatable bonds is 3. The van der Waals surface area contributed by atoms with Gasteiger partial charge >= 0.3 is 12.3 Å². The van der Waals surface area contributed by atoms with Gasteiger partial charge in [-0.15, -0.1) is 0 Å². The molecule has 0 aliphatic carbocycles. The molecule has 0 bridgehead atoms. The highest BCUT2D eigenvalue weighted by molar-refractivity contribution is 5.92. The molecule has 112 valence electrons. The predicted octanol–water partition coefficient (Wildman–Crippen LogP) is 3.20. The molecule has 0 saturated carbocycles. The van der Waals surface area contributed by atoms with Gasteiger partial charge < -0.3 is 4.90 Å². The summed E-state index contributed by atoms with van der Waals surface area (Å²) < 4.78 is 36.8. The van der Waals surface area contributed by atoms with Crippen LogP contribution in [0, 0.1) is 0 Å². The molecule has 0 spiro atoms. The van der Waals surface area contributed by atoms with E-state index in [9.17, 15) is 18.0 Å². The Morgan fingerprint density at radius 3 is 1.90 bits per heavy atom. The molecule has 1 aromatic rings. The molecule has 0 aliphatic rings. The molecule has 4 nitrogen and oxygen atoms in total. The van der Waals surface area contributed by atoms with Crippen molar-refractivity contribution in [1.82, 2.24) is 5.32 Å². The lowest BCUT2D eigenvalue weighted by Gasteiger charge is -2.28. The third-order valence-electron chi connectivity index (χ3n) is 2.63. The van der Waals surface area contributed by atoms with Gasteiger partial charge in [0.05, 0.1) is 0 Å². The number of amides is 2. The minimum atomic E-state index is -4.74. The van der Waals surface area contributed by atoms with E-state index in [1.54, 1.807) is 38.1 Å². The number of anilines is 2. The Hall–Kier alpha value is -1.92. The molecular formula is C13H18F3N3O.